The summed E-state index contributed by atoms with van der Waals surface area (Å²) in [7, 11) is -0.642. The second-order valence-electron chi connectivity index (χ2n) is 5.96. The topological polar surface area (TPSA) is 92.5 Å². The van der Waals surface area contributed by atoms with E-state index in [1.54, 1.807) is 19.1 Å². The summed E-state index contributed by atoms with van der Waals surface area (Å²) in [5.74, 6) is -0.776. The van der Waals surface area contributed by atoms with Crippen LogP contribution in [0.1, 0.15) is 17.0 Å². The van der Waals surface area contributed by atoms with Crippen LogP contribution >= 0.6 is 12.4 Å². The maximum atomic E-state index is 12.6. The average Bonchev–Trinajstić information content (AvgIpc) is 2.58. The third kappa shape index (κ3) is 4.82. The molecular weight excluding hydrogens is 374 g/mol. The van der Waals surface area contributed by atoms with E-state index >= 15 is 0 Å². The predicted octanol–water partition coefficient (Wildman–Crippen LogP) is 2.35. The maximum absolute atomic E-state index is 12.6. The fourth-order valence-electron chi connectivity index (χ4n) is 2.46. The Morgan fingerprint density at radius 1 is 1.15 bits per heavy atom. The number of rotatable bonds is 6. The van der Waals surface area contributed by atoms with Crippen LogP contribution in [-0.2, 0) is 14.8 Å². The van der Waals surface area contributed by atoms with Crippen LogP contribution in [0.15, 0.2) is 53.4 Å². The highest BCUT2D eigenvalue weighted by atomic mass is 35.5. The molecule has 3 N–H and O–H groups in total. The van der Waals surface area contributed by atoms with Gasteiger partial charge in [0.25, 0.3) is 0 Å². The molecule has 2 aromatic carbocycles. The van der Waals surface area contributed by atoms with Gasteiger partial charge in [0.1, 0.15) is 0 Å². The number of nitrogens with zero attached hydrogens (tertiary/aromatic N) is 1. The second kappa shape index (κ2) is 9.14. The van der Waals surface area contributed by atoms with Crippen molar-refractivity contribution in [1.82, 2.24) is 4.31 Å². The van der Waals surface area contributed by atoms with E-state index in [1.165, 1.54) is 20.2 Å². The first-order valence-electron chi connectivity index (χ1n) is 7.86. The standard InChI is InChI=1S/C18H23N3O3S.ClH/c1-13-9-10-15(11-17(13)25(23,24)21(2)3)20-18(22)16(12-19)14-7-5-4-6-8-14;/h4-11,16H,12,19H2,1-3H3,(H,20,22);1H. The van der Waals surface area contributed by atoms with Crippen molar-refractivity contribution in [2.75, 3.05) is 26.0 Å². The molecule has 0 aliphatic heterocycles. The molecule has 2 rings (SSSR count). The second-order valence-corrected chi connectivity index (χ2v) is 8.08. The SMILES string of the molecule is Cc1ccc(NC(=O)C(CN)c2ccccc2)cc1S(=O)(=O)N(C)C.Cl. The predicted molar refractivity (Wildman–Crippen MR) is 106 cm³/mol. The van der Waals surface area contributed by atoms with Gasteiger partial charge in [-0.2, -0.15) is 0 Å². The first-order valence-corrected chi connectivity index (χ1v) is 9.30. The zero-order chi connectivity index (χ0) is 18.6. The number of amides is 1. The molecule has 0 saturated heterocycles. The molecule has 0 aliphatic rings. The number of anilines is 1. The van der Waals surface area contributed by atoms with E-state index in [0.717, 1.165) is 9.87 Å². The van der Waals surface area contributed by atoms with E-state index in [2.05, 4.69) is 5.32 Å². The fourth-order valence-corrected chi connectivity index (χ4v) is 3.61. The monoisotopic (exact) mass is 397 g/mol. The molecule has 0 saturated carbocycles. The Bertz CT molecular complexity index is 855. The van der Waals surface area contributed by atoms with Crippen LogP contribution in [0.2, 0.25) is 0 Å². The number of hydrogen-bond donors (Lipinski definition) is 2. The molecule has 0 fully saturated rings. The number of sulfonamides is 1. The summed E-state index contributed by atoms with van der Waals surface area (Å²) in [6.07, 6.45) is 0. The van der Waals surface area contributed by atoms with Crippen LogP contribution in [-0.4, -0.2) is 39.3 Å². The van der Waals surface area contributed by atoms with Gasteiger partial charge in [-0.3, -0.25) is 4.79 Å². The summed E-state index contributed by atoms with van der Waals surface area (Å²) in [5.41, 5.74) is 7.61. The number of benzene rings is 2. The van der Waals surface area contributed by atoms with Crippen LogP contribution in [0.5, 0.6) is 0 Å². The van der Waals surface area contributed by atoms with Crippen molar-refractivity contribution in [3.8, 4) is 0 Å². The summed E-state index contributed by atoms with van der Waals surface area (Å²) < 4.78 is 25.9. The highest BCUT2D eigenvalue weighted by molar-refractivity contribution is 7.89. The van der Waals surface area contributed by atoms with Gasteiger partial charge in [-0.25, -0.2) is 12.7 Å². The Kier molecular flexibility index (Phi) is 7.77. The van der Waals surface area contributed by atoms with Crippen LogP contribution in [0.3, 0.4) is 0 Å². The first-order chi connectivity index (χ1) is 11.8. The van der Waals surface area contributed by atoms with E-state index in [9.17, 15) is 13.2 Å². The van der Waals surface area contributed by atoms with Gasteiger partial charge in [0.15, 0.2) is 0 Å². The van der Waals surface area contributed by atoms with Crippen molar-refractivity contribution < 1.29 is 13.2 Å². The molecule has 6 nitrogen and oxygen atoms in total. The van der Waals surface area contributed by atoms with E-state index in [4.69, 9.17) is 5.73 Å². The Hall–Kier alpha value is -1.93. The molecule has 26 heavy (non-hydrogen) atoms. The van der Waals surface area contributed by atoms with E-state index in [1.807, 2.05) is 30.3 Å². The molecule has 142 valence electrons. The van der Waals surface area contributed by atoms with Gasteiger partial charge in [0.05, 0.1) is 10.8 Å². The number of hydrogen-bond acceptors (Lipinski definition) is 4. The number of aryl methyl sites for hydroxylation is 1. The summed E-state index contributed by atoms with van der Waals surface area (Å²) in [5, 5.41) is 2.77. The largest absolute Gasteiger partial charge is 0.329 e. The fraction of sp³-hybridized carbons (Fsp3) is 0.278. The van der Waals surface area contributed by atoms with Crippen molar-refractivity contribution >= 4 is 34.0 Å². The van der Waals surface area contributed by atoms with Crippen molar-refractivity contribution in [1.29, 1.82) is 0 Å². The smallest absolute Gasteiger partial charge is 0.242 e. The van der Waals surface area contributed by atoms with Crippen LogP contribution in [0, 0.1) is 6.92 Å². The molecule has 0 spiro atoms. The molecule has 1 atom stereocenters. The minimum Gasteiger partial charge on any atom is -0.329 e. The summed E-state index contributed by atoms with van der Waals surface area (Å²) in [6, 6.07) is 14.1. The molecule has 2 aromatic rings. The summed E-state index contributed by atoms with van der Waals surface area (Å²) >= 11 is 0. The van der Waals surface area contributed by atoms with Gasteiger partial charge in [-0.1, -0.05) is 36.4 Å². The van der Waals surface area contributed by atoms with Gasteiger partial charge in [0.2, 0.25) is 15.9 Å². The van der Waals surface area contributed by atoms with Crippen molar-refractivity contribution in [3.05, 3.63) is 59.7 Å². The minimum absolute atomic E-state index is 0. The van der Waals surface area contributed by atoms with Crippen molar-refractivity contribution in [2.24, 2.45) is 5.73 Å². The van der Waals surface area contributed by atoms with Crippen molar-refractivity contribution in [2.45, 2.75) is 17.7 Å². The molecule has 0 aromatic heterocycles. The first kappa shape index (κ1) is 22.1. The molecule has 8 heteroatoms. The number of nitrogens with two attached hydrogens (primary N) is 1. The Morgan fingerprint density at radius 2 is 1.77 bits per heavy atom. The lowest BCUT2D eigenvalue weighted by atomic mass is 9.98. The van der Waals surface area contributed by atoms with E-state index in [-0.39, 0.29) is 29.8 Å². The number of carbonyl (C=O) groups is 1. The molecule has 1 unspecified atom stereocenters. The van der Waals surface area contributed by atoms with Gasteiger partial charge in [0, 0.05) is 26.3 Å². The molecular formula is C18H24ClN3O3S. The lowest BCUT2D eigenvalue weighted by molar-refractivity contribution is -0.117. The Morgan fingerprint density at radius 3 is 2.31 bits per heavy atom. The van der Waals surface area contributed by atoms with Gasteiger partial charge in [-0.15, -0.1) is 12.4 Å². The van der Waals surface area contributed by atoms with Crippen LogP contribution in [0.4, 0.5) is 5.69 Å². The molecule has 0 radical (unpaired) electrons. The number of halogens is 1. The Balaban J connectivity index is 0.00000338. The van der Waals surface area contributed by atoms with Crippen LogP contribution < -0.4 is 11.1 Å². The highest BCUT2D eigenvalue weighted by Crippen LogP contribution is 2.24. The van der Waals surface area contributed by atoms with Crippen molar-refractivity contribution in [3.63, 3.8) is 0 Å². The van der Waals surface area contributed by atoms with Gasteiger partial charge < -0.3 is 11.1 Å². The summed E-state index contributed by atoms with van der Waals surface area (Å²) in [4.78, 5) is 12.7. The maximum Gasteiger partial charge on any atom is 0.242 e. The molecule has 0 heterocycles. The quantitative estimate of drug-likeness (QED) is 0.782. The molecule has 1 amide bonds. The number of carbonyl (C=O) groups excluding carboxylic acids is 1. The lowest BCUT2D eigenvalue weighted by Gasteiger charge is -2.17. The Labute approximate surface area is 160 Å². The zero-order valence-electron chi connectivity index (χ0n) is 15.0. The zero-order valence-corrected chi connectivity index (χ0v) is 16.6. The third-order valence-electron chi connectivity index (χ3n) is 3.97. The summed E-state index contributed by atoms with van der Waals surface area (Å²) in [6.45, 7) is 1.87. The minimum atomic E-state index is -3.59. The van der Waals surface area contributed by atoms with E-state index < -0.39 is 15.9 Å². The third-order valence-corrected chi connectivity index (χ3v) is 5.93. The lowest BCUT2D eigenvalue weighted by Crippen LogP contribution is -2.27. The van der Waals surface area contributed by atoms with Gasteiger partial charge >= 0.3 is 0 Å². The van der Waals surface area contributed by atoms with E-state index in [0.29, 0.717) is 11.3 Å². The highest BCUT2D eigenvalue weighted by Gasteiger charge is 2.22. The normalized spacial score (nSPS) is 12.3. The number of nitrogens with one attached hydrogen (secondary N) is 1. The van der Waals surface area contributed by atoms with Crippen LogP contribution in [0.25, 0.3) is 0 Å². The molecule has 0 aliphatic carbocycles. The molecule has 0 bridgehead atoms. The average molecular weight is 398 g/mol. The van der Waals surface area contributed by atoms with Gasteiger partial charge in [-0.05, 0) is 30.2 Å².